The second-order valence-electron chi connectivity index (χ2n) is 2.91. The molecule has 0 unspecified atom stereocenters. The second kappa shape index (κ2) is 6.00. The van der Waals surface area contributed by atoms with E-state index in [4.69, 9.17) is 0 Å². The molecule has 72 valence electrons. The Morgan fingerprint density at radius 2 is 2.31 bits per heavy atom. The topological polar surface area (TPSA) is 24.9 Å². The molecule has 0 aliphatic heterocycles. The van der Waals surface area contributed by atoms with Crippen molar-refractivity contribution in [3.05, 3.63) is 29.6 Å². The molecule has 13 heavy (non-hydrogen) atoms. The molecule has 0 aliphatic rings. The summed E-state index contributed by atoms with van der Waals surface area (Å²) in [5.74, 6) is 0.875. The van der Waals surface area contributed by atoms with E-state index in [0.29, 0.717) is 0 Å². The first-order chi connectivity index (χ1) is 6.36. The van der Waals surface area contributed by atoms with E-state index in [0.717, 1.165) is 31.0 Å². The van der Waals surface area contributed by atoms with Crippen LogP contribution < -0.4 is 5.32 Å². The largest absolute Gasteiger partial charge is 0.312 e. The zero-order valence-corrected chi connectivity index (χ0v) is 8.85. The molecule has 0 fully saturated rings. The highest BCUT2D eigenvalue weighted by Crippen LogP contribution is 2.00. The van der Waals surface area contributed by atoms with Gasteiger partial charge in [-0.2, -0.15) is 12.6 Å². The van der Waals surface area contributed by atoms with Crippen LogP contribution >= 0.6 is 12.6 Å². The van der Waals surface area contributed by atoms with Gasteiger partial charge in [0.2, 0.25) is 0 Å². The van der Waals surface area contributed by atoms with Gasteiger partial charge in [-0.05, 0) is 18.1 Å². The first kappa shape index (κ1) is 10.5. The van der Waals surface area contributed by atoms with Crippen LogP contribution in [0.5, 0.6) is 0 Å². The van der Waals surface area contributed by atoms with E-state index in [1.807, 2.05) is 6.20 Å². The fourth-order valence-electron chi connectivity index (χ4n) is 1.08. The van der Waals surface area contributed by atoms with E-state index < -0.39 is 0 Å². The van der Waals surface area contributed by atoms with Crippen LogP contribution in [0.1, 0.15) is 18.2 Å². The molecule has 0 saturated heterocycles. The molecule has 1 aromatic heterocycles. The van der Waals surface area contributed by atoms with Crippen LogP contribution in [0.15, 0.2) is 18.3 Å². The zero-order valence-electron chi connectivity index (χ0n) is 7.95. The zero-order chi connectivity index (χ0) is 9.52. The van der Waals surface area contributed by atoms with Crippen molar-refractivity contribution in [3.8, 4) is 0 Å². The highest BCUT2D eigenvalue weighted by atomic mass is 32.1. The van der Waals surface area contributed by atoms with Crippen LogP contribution in [0.3, 0.4) is 0 Å². The lowest BCUT2D eigenvalue weighted by molar-refractivity contribution is 0.729. The maximum atomic E-state index is 4.32. The van der Waals surface area contributed by atoms with E-state index in [2.05, 4.69) is 42.0 Å². The lowest BCUT2D eigenvalue weighted by atomic mass is 10.2. The Hall–Kier alpha value is -0.540. The Morgan fingerprint density at radius 1 is 1.46 bits per heavy atom. The van der Waals surface area contributed by atoms with Gasteiger partial charge in [-0.25, -0.2) is 0 Å². The van der Waals surface area contributed by atoms with Crippen molar-refractivity contribution in [3.63, 3.8) is 0 Å². The summed E-state index contributed by atoms with van der Waals surface area (Å²) in [7, 11) is 0. The smallest absolute Gasteiger partial charge is 0.0401 e. The Bertz CT molecular complexity index is 233. The summed E-state index contributed by atoms with van der Waals surface area (Å²) < 4.78 is 0. The Balaban J connectivity index is 2.40. The van der Waals surface area contributed by atoms with E-state index >= 15 is 0 Å². The number of thiol groups is 1. The lowest BCUT2D eigenvalue weighted by Crippen LogP contribution is -2.15. The van der Waals surface area contributed by atoms with Gasteiger partial charge >= 0.3 is 0 Å². The maximum absolute atomic E-state index is 4.32. The first-order valence-corrected chi connectivity index (χ1v) is 5.25. The number of pyridine rings is 1. The SMILES string of the molecule is CCc1ccc(CNCCS)cn1. The highest BCUT2D eigenvalue weighted by Gasteiger charge is 1.93. The normalized spacial score (nSPS) is 10.3. The quantitative estimate of drug-likeness (QED) is 0.553. The van der Waals surface area contributed by atoms with Crippen molar-refractivity contribution >= 4 is 12.6 Å². The summed E-state index contributed by atoms with van der Waals surface area (Å²) in [5.41, 5.74) is 2.39. The molecule has 0 amide bonds. The molecule has 3 heteroatoms. The van der Waals surface area contributed by atoms with Crippen LogP contribution in [0, 0.1) is 0 Å². The third-order valence-corrected chi connectivity index (χ3v) is 2.09. The minimum absolute atomic E-state index is 0.875. The molecule has 1 heterocycles. The van der Waals surface area contributed by atoms with Crippen LogP contribution in [0.4, 0.5) is 0 Å². The molecule has 0 spiro atoms. The monoisotopic (exact) mass is 196 g/mol. The maximum Gasteiger partial charge on any atom is 0.0401 e. The van der Waals surface area contributed by atoms with Gasteiger partial charge in [0.15, 0.2) is 0 Å². The Morgan fingerprint density at radius 3 is 2.85 bits per heavy atom. The summed E-state index contributed by atoms with van der Waals surface area (Å²) in [5, 5.41) is 3.27. The lowest BCUT2D eigenvalue weighted by Gasteiger charge is -2.02. The second-order valence-corrected chi connectivity index (χ2v) is 3.36. The van der Waals surface area contributed by atoms with Crippen molar-refractivity contribution in [2.75, 3.05) is 12.3 Å². The van der Waals surface area contributed by atoms with Gasteiger partial charge < -0.3 is 5.32 Å². The first-order valence-electron chi connectivity index (χ1n) is 4.62. The highest BCUT2D eigenvalue weighted by molar-refractivity contribution is 7.80. The molecule has 0 bridgehead atoms. The molecule has 1 N–H and O–H groups in total. The third-order valence-electron chi connectivity index (χ3n) is 1.87. The van der Waals surface area contributed by atoms with Crippen molar-refractivity contribution in [1.82, 2.24) is 10.3 Å². The summed E-state index contributed by atoms with van der Waals surface area (Å²) in [4.78, 5) is 4.32. The molecule has 0 aliphatic carbocycles. The molecule has 0 saturated carbocycles. The van der Waals surface area contributed by atoms with E-state index in [-0.39, 0.29) is 0 Å². The fourth-order valence-corrected chi connectivity index (χ4v) is 1.24. The number of aryl methyl sites for hydroxylation is 1. The Kier molecular flexibility index (Phi) is 4.86. The number of nitrogens with zero attached hydrogens (tertiary/aromatic N) is 1. The number of hydrogen-bond acceptors (Lipinski definition) is 3. The van der Waals surface area contributed by atoms with Crippen molar-refractivity contribution in [2.45, 2.75) is 19.9 Å². The van der Waals surface area contributed by atoms with Crippen molar-refractivity contribution in [2.24, 2.45) is 0 Å². The molecule has 0 radical (unpaired) electrons. The number of hydrogen-bond donors (Lipinski definition) is 2. The molecular weight excluding hydrogens is 180 g/mol. The van der Waals surface area contributed by atoms with Gasteiger partial charge in [0, 0.05) is 30.7 Å². The predicted molar refractivity (Wildman–Crippen MR) is 59.2 cm³/mol. The number of aromatic nitrogens is 1. The minimum Gasteiger partial charge on any atom is -0.312 e. The summed E-state index contributed by atoms with van der Waals surface area (Å²) in [6, 6.07) is 4.20. The molecule has 0 atom stereocenters. The van der Waals surface area contributed by atoms with Crippen LogP contribution in [-0.2, 0) is 13.0 Å². The molecule has 0 aromatic carbocycles. The van der Waals surface area contributed by atoms with E-state index in [1.54, 1.807) is 0 Å². The van der Waals surface area contributed by atoms with E-state index in [9.17, 15) is 0 Å². The summed E-state index contributed by atoms with van der Waals surface area (Å²) in [6.45, 7) is 3.94. The van der Waals surface area contributed by atoms with Gasteiger partial charge in [-0.3, -0.25) is 4.98 Å². The average molecular weight is 196 g/mol. The van der Waals surface area contributed by atoms with Gasteiger partial charge in [0.05, 0.1) is 0 Å². The average Bonchev–Trinajstić information content (AvgIpc) is 2.19. The third kappa shape index (κ3) is 3.79. The van der Waals surface area contributed by atoms with E-state index in [1.165, 1.54) is 5.56 Å². The van der Waals surface area contributed by atoms with Crippen LogP contribution in [0.25, 0.3) is 0 Å². The number of nitrogens with one attached hydrogen (secondary N) is 1. The predicted octanol–water partition coefficient (Wildman–Crippen LogP) is 1.66. The molecule has 1 rings (SSSR count). The molecule has 1 aromatic rings. The Labute approximate surface area is 85.2 Å². The summed E-state index contributed by atoms with van der Waals surface area (Å²) in [6.07, 6.45) is 2.94. The standard InChI is InChI=1S/C10H16N2S/c1-2-10-4-3-9(8-12-10)7-11-5-6-13/h3-4,8,11,13H,2,5-7H2,1H3. The van der Waals surface area contributed by atoms with Crippen molar-refractivity contribution in [1.29, 1.82) is 0 Å². The fraction of sp³-hybridized carbons (Fsp3) is 0.500. The van der Waals surface area contributed by atoms with Crippen LogP contribution in [0.2, 0.25) is 0 Å². The van der Waals surface area contributed by atoms with Crippen molar-refractivity contribution < 1.29 is 0 Å². The van der Waals surface area contributed by atoms with Crippen LogP contribution in [-0.4, -0.2) is 17.3 Å². The van der Waals surface area contributed by atoms with Gasteiger partial charge in [0.25, 0.3) is 0 Å². The summed E-state index contributed by atoms with van der Waals surface area (Å²) >= 11 is 4.12. The van der Waals surface area contributed by atoms with Gasteiger partial charge in [0.1, 0.15) is 0 Å². The number of rotatable bonds is 5. The molecule has 2 nitrogen and oxygen atoms in total. The van der Waals surface area contributed by atoms with Gasteiger partial charge in [-0.15, -0.1) is 0 Å². The molecular formula is C10H16N2S. The minimum atomic E-state index is 0.875. The van der Waals surface area contributed by atoms with Gasteiger partial charge in [-0.1, -0.05) is 13.0 Å².